The zero-order valence-corrected chi connectivity index (χ0v) is 12.7. The van der Waals surface area contributed by atoms with E-state index in [1.807, 2.05) is 51.3 Å². The van der Waals surface area contributed by atoms with Crippen LogP contribution < -0.4 is 5.32 Å². The highest BCUT2D eigenvalue weighted by molar-refractivity contribution is 6.15. The third kappa shape index (κ3) is 2.09. The van der Waals surface area contributed by atoms with Crippen LogP contribution in [0.15, 0.2) is 35.3 Å². The second-order valence-corrected chi connectivity index (χ2v) is 5.93. The fraction of sp³-hybridized carbons (Fsp3) is 0.294. The lowest BCUT2D eigenvalue weighted by molar-refractivity contribution is -0.123. The molecule has 1 N–H and O–H groups in total. The molecule has 2 heterocycles. The van der Waals surface area contributed by atoms with E-state index in [-0.39, 0.29) is 11.8 Å². The molecule has 5 nitrogen and oxygen atoms in total. The number of para-hydroxylation sites is 1. The van der Waals surface area contributed by atoms with Crippen LogP contribution in [0, 0.1) is 5.92 Å². The van der Waals surface area contributed by atoms with Gasteiger partial charge in [-0.1, -0.05) is 32.0 Å². The molecule has 2 aromatic rings. The number of benzene rings is 1. The van der Waals surface area contributed by atoms with E-state index in [1.54, 1.807) is 6.07 Å². The molecule has 111 valence electrons. The summed E-state index contributed by atoms with van der Waals surface area (Å²) >= 11 is 0. The van der Waals surface area contributed by atoms with Crippen LogP contribution >= 0.6 is 0 Å². The van der Waals surface area contributed by atoms with Crippen molar-refractivity contribution in [2.24, 2.45) is 10.9 Å². The van der Waals surface area contributed by atoms with Crippen molar-refractivity contribution in [2.45, 2.75) is 26.3 Å². The Morgan fingerprint density at radius 1 is 1.27 bits per heavy atom. The maximum absolute atomic E-state index is 12.2. The Morgan fingerprint density at radius 2 is 2.00 bits per heavy atom. The van der Waals surface area contributed by atoms with Gasteiger partial charge in [-0.2, -0.15) is 4.99 Å². The van der Waals surface area contributed by atoms with Gasteiger partial charge in [-0.25, -0.2) is 4.98 Å². The van der Waals surface area contributed by atoms with E-state index in [1.165, 1.54) is 0 Å². The summed E-state index contributed by atoms with van der Waals surface area (Å²) in [5.74, 6) is 0.153. The minimum Gasteiger partial charge on any atom is -0.354 e. The number of carbonyl (C=O) groups excluding carboxylic acids is 2. The predicted molar refractivity (Wildman–Crippen MR) is 84.5 cm³/mol. The van der Waals surface area contributed by atoms with Gasteiger partial charge in [-0.3, -0.25) is 9.59 Å². The first-order valence-electron chi connectivity index (χ1n) is 7.15. The molecule has 0 bridgehead atoms. The topological polar surface area (TPSA) is 71.4 Å². The van der Waals surface area contributed by atoms with Crippen molar-refractivity contribution in [1.29, 1.82) is 0 Å². The van der Waals surface area contributed by atoms with Crippen LogP contribution in [-0.4, -0.2) is 28.6 Å². The van der Waals surface area contributed by atoms with Crippen molar-refractivity contribution < 1.29 is 9.59 Å². The number of amidine groups is 1. The number of aliphatic imine (C=N–C) groups is 1. The van der Waals surface area contributed by atoms with Crippen LogP contribution in [0.5, 0.6) is 0 Å². The zero-order valence-electron chi connectivity index (χ0n) is 12.7. The lowest BCUT2D eigenvalue weighted by Crippen LogP contribution is -2.50. The largest absolute Gasteiger partial charge is 0.354 e. The van der Waals surface area contributed by atoms with Gasteiger partial charge in [-0.15, -0.1) is 0 Å². The molecule has 1 aromatic heterocycles. The summed E-state index contributed by atoms with van der Waals surface area (Å²) in [6.07, 6.45) is 1.89. The molecule has 0 saturated carbocycles. The summed E-state index contributed by atoms with van der Waals surface area (Å²) in [7, 11) is 0. The number of rotatable bonds is 3. The molecule has 1 aliphatic rings. The van der Waals surface area contributed by atoms with Crippen molar-refractivity contribution in [3.05, 3.63) is 41.6 Å². The molecule has 1 aliphatic heterocycles. The molecule has 0 saturated heterocycles. The van der Waals surface area contributed by atoms with E-state index in [4.69, 9.17) is 0 Å². The van der Waals surface area contributed by atoms with Gasteiger partial charge < -0.3 is 5.32 Å². The number of aromatic nitrogens is 1. The van der Waals surface area contributed by atoms with Crippen molar-refractivity contribution >= 4 is 28.9 Å². The molecule has 1 unspecified atom stereocenters. The van der Waals surface area contributed by atoms with E-state index in [9.17, 15) is 9.59 Å². The molecule has 22 heavy (non-hydrogen) atoms. The Kier molecular flexibility index (Phi) is 3.28. The first-order valence-corrected chi connectivity index (χ1v) is 7.15. The maximum atomic E-state index is 12.2. The Morgan fingerprint density at radius 3 is 2.64 bits per heavy atom. The Balaban J connectivity index is 2.13. The first-order chi connectivity index (χ1) is 10.5. The molecule has 1 radical (unpaired) electrons. The normalized spacial score (nSPS) is 21.1. The van der Waals surface area contributed by atoms with E-state index in [2.05, 4.69) is 15.3 Å². The summed E-state index contributed by atoms with van der Waals surface area (Å²) < 4.78 is 0. The Hall–Kier alpha value is -2.56. The van der Waals surface area contributed by atoms with Crippen LogP contribution in [0.3, 0.4) is 0 Å². The third-order valence-corrected chi connectivity index (χ3v) is 4.25. The quantitative estimate of drug-likeness (QED) is 0.939. The minimum atomic E-state index is -0.775. The van der Waals surface area contributed by atoms with Crippen LogP contribution in [0.25, 0.3) is 10.9 Å². The van der Waals surface area contributed by atoms with Gasteiger partial charge in [0.25, 0.3) is 5.91 Å². The number of pyridine rings is 1. The number of carbonyl (C=O) groups is 1. The molecule has 1 amide bonds. The second-order valence-electron chi connectivity index (χ2n) is 5.93. The summed E-state index contributed by atoms with van der Waals surface area (Å²) in [5, 5.41) is 3.98. The number of nitrogens with one attached hydrogen (secondary N) is 1. The van der Waals surface area contributed by atoms with Crippen molar-refractivity contribution in [2.75, 3.05) is 0 Å². The highest BCUT2D eigenvalue weighted by Crippen LogP contribution is 2.25. The summed E-state index contributed by atoms with van der Waals surface area (Å²) in [4.78, 5) is 32.0. The molecule has 5 heteroatoms. The summed E-state index contributed by atoms with van der Waals surface area (Å²) in [5.41, 5.74) is 0.631. The Bertz CT molecular complexity index is 811. The van der Waals surface area contributed by atoms with Gasteiger partial charge in [-0.05, 0) is 25.0 Å². The van der Waals surface area contributed by atoms with Crippen LogP contribution in [0.1, 0.15) is 32.0 Å². The standard InChI is InChI=1S/C17H16N3O2/c1-10(2)17(3)16(22)19-15(20-17)14-12(9-21)8-11-6-4-5-7-13(11)18-14/h4-8,10H,1-3H3,(H,19,20,22). The maximum Gasteiger partial charge on any atom is 0.273 e. The average Bonchev–Trinajstić information content (AvgIpc) is 2.82. The smallest absolute Gasteiger partial charge is 0.273 e. The fourth-order valence-electron chi connectivity index (χ4n) is 2.42. The molecule has 1 aromatic carbocycles. The van der Waals surface area contributed by atoms with Crippen LogP contribution in [0.2, 0.25) is 0 Å². The molecular formula is C17H16N3O2. The van der Waals surface area contributed by atoms with Gasteiger partial charge >= 0.3 is 0 Å². The van der Waals surface area contributed by atoms with Gasteiger partial charge in [0.1, 0.15) is 11.2 Å². The van der Waals surface area contributed by atoms with Gasteiger partial charge in [0, 0.05) is 5.39 Å². The second kappa shape index (κ2) is 5.02. The highest BCUT2D eigenvalue weighted by atomic mass is 16.2. The molecule has 3 rings (SSSR count). The lowest BCUT2D eigenvalue weighted by Gasteiger charge is -2.27. The van der Waals surface area contributed by atoms with Crippen molar-refractivity contribution in [1.82, 2.24) is 10.3 Å². The summed E-state index contributed by atoms with van der Waals surface area (Å²) in [6, 6.07) is 9.19. The van der Waals surface area contributed by atoms with Gasteiger partial charge in [0.15, 0.2) is 5.84 Å². The average molecular weight is 294 g/mol. The lowest BCUT2D eigenvalue weighted by atomic mass is 9.88. The van der Waals surface area contributed by atoms with Crippen molar-refractivity contribution in [3.8, 4) is 0 Å². The predicted octanol–water partition coefficient (Wildman–Crippen LogP) is 1.98. The van der Waals surface area contributed by atoms with Gasteiger partial charge in [0.2, 0.25) is 6.29 Å². The number of nitrogens with zero attached hydrogens (tertiary/aromatic N) is 2. The number of fused-ring (bicyclic) bond motifs is 1. The van der Waals surface area contributed by atoms with E-state index >= 15 is 0 Å². The van der Waals surface area contributed by atoms with Crippen LogP contribution in [0.4, 0.5) is 0 Å². The number of amides is 1. The Labute approximate surface area is 128 Å². The highest BCUT2D eigenvalue weighted by Gasteiger charge is 2.43. The number of hydrogen-bond acceptors (Lipinski definition) is 4. The first kappa shape index (κ1) is 14.4. The SMILES string of the molecule is CC(C)C1(C)NC(c2nc3ccccc3cc2[C]=O)=NC1=O. The monoisotopic (exact) mass is 294 g/mol. The van der Waals surface area contributed by atoms with Crippen molar-refractivity contribution in [3.63, 3.8) is 0 Å². The fourth-order valence-corrected chi connectivity index (χ4v) is 2.42. The summed E-state index contributed by atoms with van der Waals surface area (Å²) in [6.45, 7) is 5.70. The zero-order chi connectivity index (χ0) is 15.9. The van der Waals surface area contributed by atoms with E-state index in [0.717, 1.165) is 10.9 Å². The molecule has 0 fully saturated rings. The third-order valence-electron chi connectivity index (χ3n) is 4.25. The van der Waals surface area contributed by atoms with Crippen LogP contribution in [-0.2, 0) is 9.59 Å². The molecule has 1 atom stereocenters. The van der Waals surface area contributed by atoms with E-state index in [0.29, 0.717) is 17.1 Å². The molecule has 0 spiro atoms. The molecular weight excluding hydrogens is 278 g/mol. The van der Waals surface area contributed by atoms with E-state index < -0.39 is 5.54 Å². The molecule has 0 aliphatic carbocycles. The number of hydrogen-bond donors (Lipinski definition) is 1. The minimum absolute atomic E-state index is 0.0605. The van der Waals surface area contributed by atoms with Gasteiger partial charge in [0.05, 0.1) is 11.1 Å².